The van der Waals surface area contributed by atoms with Crippen molar-refractivity contribution in [1.29, 1.82) is 0 Å². The van der Waals surface area contributed by atoms with Crippen molar-refractivity contribution in [3.63, 3.8) is 0 Å². The third-order valence-electron chi connectivity index (χ3n) is 1.41. The minimum absolute atomic E-state index is 1.03. The maximum Gasteiger partial charge on any atom is 0.185 e. The highest BCUT2D eigenvalue weighted by atomic mass is 32.1. The van der Waals surface area contributed by atoms with Crippen molar-refractivity contribution in [3.8, 4) is 0 Å². The van der Waals surface area contributed by atoms with E-state index in [2.05, 4.69) is 29.9 Å². The van der Waals surface area contributed by atoms with Gasteiger partial charge in [0.25, 0.3) is 0 Å². The van der Waals surface area contributed by atoms with Gasteiger partial charge in [0.1, 0.15) is 6.20 Å². The van der Waals surface area contributed by atoms with Crippen molar-refractivity contribution in [2.45, 2.75) is 13.8 Å². The molecule has 0 aliphatic rings. The second kappa shape index (κ2) is 3.56. The highest BCUT2D eigenvalue weighted by molar-refractivity contribution is 7.13. The van der Waals surface area contributed by atoms with Crippen molar-refractivity contribution >= 4 is 16.5 Å². The van der Waals surface area contributed by atoms with Crippen molar-refractivity contribution in [3.05, 3.63) is 11.6 Å². The van der Waals surface area contributed by atoms with Gasteiger partial charge < -0.3 is 4.90 Å². The molecule has 1 radical (unpaired) electrons. The number of anilines is 1. The van der Waals surface area contributed by atoms with E-state index in [1.807, 2.05) is 5.38 Å². The fourth-order valence-electron chi connectivity index (χ4n) is 0.826. The van der Waals surface area contributed by atoms with E-state index in [4.69, 9.17) is 0 Å². The van der Waals surface area contributed by atoms with E-state index in [0.29, 0.717) is 0 Å². The van der Waals surface area contributed by atoms with Crippen LogP contribution in [0.15, 0.2) is 5.38 Å². The second-order valence-electron chi connectivity index (χ2n) is 1.93. The Labute approximate surface area is 65.5 Å². The molecule has 0 unspecified atom stereocenters. The second-order valence-corrected chi connectivity index (χ2v) is 2.77. The Bertz CT molecular complexity index is 168. The fraction of sp³-hybridized carbons (Fsp3) is 0.571. The third kappa shape index (κ3) is 1.48. The molecule has 1 rings (SSSR count). The van der Waals surface area contributed by atoms with Crippen LogP contribution in [0.1, 0.15) is 13.8 Å². The molecule has 0 fully saturated rings. The van der Waals surface area contributed by atoms with E-state index in [1.54, 1.807) is 11.3 Å². The van der Waals surface area contributed by atoms with Gasteiger partial charge in [-0.25, -0.2) is 4.98 Å². The molecule has 1 heterocycles. The predicted molar refractivity (Wildman–Crippen MR) is 44.5 cm³/mol. The zero-order valence-corrected chi connectivity index (χ0v) is 7.11. The molecule has 0 saturated heterocycles. The summed E-state index contributed by atoms with van der Waals surface area (Å²) in [6, 6.07) is 0. The van der Waals surface area contributed by atoms with Gasteiger partial charge in [-0.3, -0.25) is 0 Å². The van der Waals surface area contributed by atoms with Gasteiger partial charge in [-0.05, 0) is 13.8 Å². The molecule has 0 atom stereocenters. The first-order valence-electron chi connectivity index (χ1n) is 3.45. The van der Waals surface area contributed by atoms with Crippen LogP contribution in [0.2, 0.25) is 0 Å². The van der Waals surface area contributed by atoms with E-state index in [9.17, 15) is 0 Å². The smallest absolute Gasteiger partial charge is 0.185 e. The molecule has 10 heavy (non-hydrogen) atoms. The molecule has 1 aromatic rings. The van der Waals surface area contributed by atoms with Crippen molar-refractivity contribution in [1.82, 2.24) is 4.98 Å². The first-order chi connectivity index (χ1) is 4.88. The molecule has 2 nitrogen and oxygen atoms in total. The molecule has 3 heteroatoms. The summed E-state index contributed by atoms with van der Waals surface area (Å²) in [5, 5.41) is 2.96. The Morgan fingerprint density at radius 1 is 1.60 bits per heavy atom. The van der Waals surface area contributed by atoms with E-state index in [1.165, 1.54) is 0 Å². The molecule has 0 aliphatic carbocycles. The Balaban J connectivity index is 2.64. The number of rotatable bonds is 3. The van der Waals surface area contributed by atoms with Crippen LogP contribution in [0.5, 0.6) is 0 Å². The number of hydrogen-bond donors (Lipinski definition) is 0. The van der Waals surface area contributed by atoms with Gasteiger partial charge in [-0.15, -0.1) is 11.3 Å². The molecule has 0 aromatic carbocycles. The average molecular weight is 155 g/mol. The summed E-state index contributed by atoms with van der Waals surface area (Å²) in [6.07, 6.45) is 2.81. The van der Waals surface area contributed by atoms with Crippen LogP contribution in [0.3, 0.4) is 0 Å². The van der Waals surface area contributed by atoms with Gasteiger partial charge in [-0.2, -0.15) is 0 Å². The summed E-state index contributed by atoms with van der Waals surface area (Å²) in [4.78, 5) is 6.29. The Hall–Kier alpha value is -0.570. The number of thiazole rings is 1. The molecule has 0 saturated carbocycles. The molecule has 0 aliphatic heterocycles. The van der Waals surface area contributed by atoms with Crippen LogP contribution in [-0.4, -0.2) is 18.1 Å². The average Bonchev–Trinajstić information content (AvgIpc) is 2.43. The summed E-state index contributed by atoms with van der Waals surface area (Å²) in [7, 11) is 0. The number of aromatic nitrogens is 1. The van der Waals surface area contributed by atoms with Crippen LogP contribution < -0.4 is 4.90 Å². The monoisotopic (exact) mass is 155 g/mol. The topological polar surface area (TPSA) is 16.1 Å². The standard InChI is InChI=1S/C7H11N2S/c1-3-9(4-2)7-8-5-6-10-7/h6H,3-4H2,1-2H3. The van der Waals surface area contributed by atoms with Gasteiger partial charge in [0, 0.05) is 18.5 Å². The van der Waals surface area contributed by atoms with Gasteiger partial charge in [-0.1, -0.05) is 0 Å². The molecular weight excluding hydrogens is 144 g/mol. The van der Waals surface area contributed by atoms with Crippen molar-refractivity contribution in [2.24, 2.45) is 0 Å². The molecule has 0 bridgehead atoms. The molecular formula is C7H11N2S. The summed E-state index contributed by atoms with van der Waals surface area (Å²) in [5.74, 6) is 0. The summed E-state index contributed by atoms with van der Waals surface area (Å²) in [5.41, 5.74) is 0. The number of hydrogen-bond acceptors (Lipinski definition) is 3. The number of nitrogens with zero attached hydrogens (tertiary/aromatic N) is 2. The maximum absolute atomic E-state index is 4.08. The van der Waals surface area contributed by atoms with Crippen LogP contribution >= 0.6 is 11.3 Å². The summed E-state index contributed by atoms with van der Waals surface area (Å²) < 4.78 is 0. The maximum atomic E-state index is 4.08. The minimum atomic E-state index is 1.03. The SMILES string of the molecule is CCN(CC)c1n[c]cs1. The minimum Gasteiger partial charge on any atom is -0.349 e. The van der Waals surface area contributed by atoms with E-state index in [-0.39, 0.29) is 0 Å². The fourth-order valence-corrected chi connectivity index (χ4v) is 1.55. The van der Waals surface area contributed by atoms with Gasteiger partial charge >= 0.3 is 0 Å². The third-order valence-corrected chi connectivity index (χ3v) is 2.19. The predicted octanol–water partition coefficient (Wildman–Crippen LogP) is 1.79. The zero-order chi connectivity index (χ0) is 7.40. The highest BCUT2D eigenvalue weighted by Crippen LogP contribution is 2.15. The Kier molecular flexibility index (Phi) is 2.68. The Morgan fingerprint density at radius 3 is 2.70 bits per heavy atom. The van der Waals surface area contributed by atoms with E-state index < -0.39 is 0 Å². The van der Waals surface area contributed by atoms with Crippen LogP contribution in [-0.2, 0) is 0 Å². The van der Waals surface area contributed by atoms with Crippen molar-refractivity contribution < 1.29 is 0 Å². The van der Waals surface area contributed by atoms with Gasteiger partial charge in [0.05, 0.1) is 0 Å². The lowest BCUT2D eigenvalue weighted by Gasteiger charge is -2.15. The van der Waals surface area contributed by atoms with E-state index >= 15 is 0 Å². The lowest BCUT2D eigenvalue weighted by molar-refractivity contribution is 0.859. The van der Waals surface area contributed by atoms with Crippen LogP contribution in [0.4, 0.5) is 5.13 Å². The molecule has 0 amide bonds. The molecule has 55 valence electrons. The first-order valence-corrected chi connectivity index (χ1v) is 4.33. The quantitative estimate of drug-likeness (QED) is 0.661. The van der Waals surface area contributed by atoms with Gasteiger partial charge in [0.15, 0.2) is 5.13 Å². The summed E-state index contributed by atoms with van der Waals surface area (Å²) in [6.45, 7) is 6.31. The van der Waals surface area contributed by atoms with Crippen molar-refractivity contribution in [2.75, 3.05) is 18.0 Å². The van der Waals surface area contributed by atoms with Crippen LogP contribution in [0.25, 0.3) is 0 Å². The highest BCUT2D eigenvalue weighted by Gasteiger charge is 2.01. The molecule has 1 aromatic heterocycles. The molecule has 0 spiro atoms. The lowest BCUT2D eigenvalue weighted by Crippen LogP contribution is -2.21. The van der Waals surface area contributed by atoms with E-state index in [0.717, 1.165) is 18.2 Å². The largest absolute Gasteiger partial charge is 0.349 e. The lowest BCUT2D eigenvalue weighted by atomic mass is 10.6. The molecule has 0 N–H and O–H groups in total. The zero-order valence-electron chi connectivity index (χ0n) is 6.29. The normalized spacial score (nSPS) is 9.80. The van der Waals surface area contributed by atoms with Crippen LogP contribution in [0, 0.1) is 6.20 Å². The first kappa shape index (κ1) is 7.54. The van der Waals surface area contributed by atoms with Gasteiger partial charge in [0.2, 0.25) is 0 Å². The summed E-state index contributed by atoms with van der Waals surface area (Å²) >= 11 is 1.64. The Morgan fingerprint density at radius 2 is 2.30 bits per heavy atom.